The van der Waals surface area contributed by atoms with Crippen LogP contribution in [0.4, 0.5) is 8.78 Å². The van der Waals surface area contributed by atoms with Crippen molar-refractivity contribution in [3.63, 3.8) is 0 Å². The average molecular weight is 296 g/mol. The maximum absolute atomic E-state index is 14.1. The summed E-state index contributed by atoms with van der Waals surface area (Å²) in [6.45, 7) is 6.27. The second-order valence-corrected chi connectivity index (χ2v) is 7.06. The van der Waals surface area contributed by atoms with Gasteiger partial charge in [-0.05, 0) is 42.7 Å². The van der Waals surface area contributed by atoms with Gasteiger partial charge in [0.25, 0.3) is 0 Å². The molecule has 0 bridgehead atoms. The van der Waals surface area contributed by atoms with Crippen molar-refractivity contribution in [1.82, 2.24) is 0 Å². The Morgan fingerprint density at radius 3 is 2.24 bits per heavy atom. The molecule has 3 atom stereocenters. The zero-order valence-corrected chi connectivity index (χ0v) is 12.7. The van der Waals surface area contributed by atoms with Crippen molar-refractivity contribution in [3.05, 3.63) is 35.4 Å². The first-order valence-electron chi connectivity index (χ1n) is 7.38. The first-order valence-corrected chi connectivity index (χ1v) is 7.38. The highest BCUT2D eigenvalue weighted by molar-refractivity contribution is 5.71. The molecule has 116 valence electrons. The Morgan fingerprint density at radius 1 is 1.19 bits per heavy atom. The van der Waals surface area contributed by atoms with E-state index in [2.05, 4.69) is 20.8 Å². The van der Waals surface area contributed by atoms with E-state index in [1.165, 1.54) is 18.2 Å². The summed E-state index contributed by atoms with van der Waals surface area (Å²) in [4.78, 5) is 11.5. The number of halogens is 2. The maximum Gasteiger partial charge on any atom is 0.307 e. The number of aliphatic carboxylic acids is 1. The number of hydrogen-bond donors (Lipinski definition) is 1. The van der Waals surface area contributed by atoms with Crippen molar-refractivity contribution in [2.75, 3.05) is 0 Å². The quantitative estimate of drug-likeness (QED) is 0.866. The van der Waals surface area contributed by atoms with Gasteiger partial charge in [-0.2, -0.15) is 0 Å². The fourth-order valence-corrected chi connectivity index (χ4v) is 3.44. The zero-order chi connectivity index (χ0) is 15.8. The van der Waals surface area contributed by atoms with Crippen LogP contribution in [0.25, 0.3) is 0 Å². The summed E-state index contributed by atoms with van der Waals surface area (Å²) in [7, 11) is 0. The van der Waals surface area contributed by atoms with Gasteiger partial charge < -0.3 is 5.11 Å². The van der Waals surface area contributed by atoms with Crippen LogP contribution >= 0.6 is 0 Å². The van der Waals surface area contributed by atoms with E-state index in [-0.39, 0.29) is 16.9 Å². The molecule has 0 radical (unpaired) electrons. The summed E-state index contributed by atoms with van der Waals surface area (Å²) in [5, 5.41) is 9.40. The van der Waals surface area contributed by atoms with Crippen LogP contribution in [0.1, 0.15) is 51.5 Å². The van der Waals surface area contributed by atoms with E-state index >= 15 is 0 Å². The van der Waals surface area contributed by atoms with Gasteiger partial charge in [0.2, 0.25) is 0 Å². The molecule has 2 rings (SSSR count). The molecule has 1 aliphatic carbocycles. The van der Waals surface area contributed by atoms with Gasteiger partial charge in [0.15, 0.2) is 0 Å². The molecule has 21 heavy (non-hydrogen) atoms. The van der Waals surface area contributed by atoms with E-state index in [1.54, 1.807) is 0 Å². The van der Waals surface area contributed by atoms with Gasteiger partial charge in [-0.1, -0.05) is 26.8 Å². The Kier molecular flexibility index (Phi) is 4.35. The van der Waals surface area contributed by atoms with Crippen LogP contribution in [0.15, 0.2) is 18.2 Å². The monoisotopic (exact) mass is 296 g/mol. The summed E-state index contributed by atoms with van der Waals surface area (Å²) in [5.74, 6) is -3.29. The lowest BCUT2D eigenvalue weighted by Crippen LogP contribution is -2.35. The van der Waals surface area contributed by atoms with E-state index in [4.69, 9.17) is 0 Å². The molecule has 1 aliphatic rings. The van der Waals surface area contributed by atoms with Crippen molar-refractivity contribution in [3.8, 4) is 0 Å². The number of carboxylic acid groups (broad SMARTS) is 1. The molecule has 0 spiro atoms. The highest BCUT2D eigenvalue weighted by Gasteiger charge is 2.41. The molecule has 1 N–H and O–H groups in total. The first-order chi connectivity index (χ1) is 9.71. The number of carbonyl (C=O) groups is 1. The summed E-state index contributed by atoms with van der Waals surface area (Å²) in [5.41, 5.74) is -0.0532. The largest absolute Gasteiger partial charge is 0.481 e. The van der Waals surface area contributed by atoms with Crippen LogP contribution in [0, 0.1) is 28.9 Å². The molecule has 0 aromatic heterocycles. The summed E-state index contributed by atoms with van der Waals surface area (Å²) >= 11 is 0. The predicted molar refractivity (Wildman–Crippen MR) is 77.0 cm³/mol. The molecule has 1 saturated carbocycles. The van der Waals surface area contributed by atoms with Crippen LogP contribution in [0.3, 0.4) is 0 Å². The lowest BCUT2D eigenvalue weighted by Gasteiger charge is -2.40. The number of carboxylic acids is 1. The van der Waals surface area contributed by atoms with Gasteiger partial charge in [-0.15, -0.1) is 0 Å². The lowest BCUT2D eigenvalue weighted by molar-refractivity contribution is -0.144. The van der Waals surface area contributed by atoms with Gasteiger partial charge in [0, 0.05) is 11.5 Å². The fraction of sp³-hybridized carbons (Fsp3) is 0.588. The van der Waals surface area contributed by atoms with Gasteiger partial charge in [0.05, 0.1) is 5.92 Å². The van der Waals surface area contributed by atoms with Crippen LogP contribution in [-0.4, -0.2) is 11.1 Å². The number of rotatable bonds is 2. The van der Waals surface area contributed by atoms with E-state index in [0.717, 1.165) is 6.42 Å². The Labute approximate surface area is 124 Å². The Bertz CT molecular complexity index is 514. The molecule has 4 heteroatoms. The van der Waals surface area contributed by atoms with Crippen molar-refractivity contribution in [2.24, 2.45) is 17.3 Å². The standard InChI is InChI=1S/C17H22F2O2/c1-17(2,3)10-7-8-11(16(20)21)12(9-10)15-13(18)5-4-6-14(15)19/h4-6,10-12H,7-9H2,1-3H3,(H,20,21). The third-order valence-corrected chi connectivity index (χ3v) is 4.76. The summed E-state index contributed by atoms with van der Waals surface area (Å²) < 4.78 is 28.1. The molecular weight excluding hydrogens is 274 g/mol. The maximum atomic E-state index is 14.1. The van der Waals surface area contributed by atoms with E-state index < -0.39 is 29.4 Å². The molecular formula is C17H22F2O2. The molecule has 0 aliphatic heterocycles. The topological polar surface area (TPSA) is 37.3 Å². The normalized spacial score (nSPS) is 26.6. The number of hydrogen-bond acceptors (Lipinski definition) is 1. The highest BCUT2D eigenvalue weighted by atomic mass is 19.1. The minimum Gasteiger partial charge on any atom is -0.481 e. The summed E-state index contributed by atoms with van der Waals surface area (Å²) in [6.07, 6.45) is 1.76. The van der Waals surface area contributed by atoms with Gasteiger partial charge in [-0.25, -0.2) is 8.78 Å². The smallest absolute Gasteiger partial charge is 0.307 e. The molecule has 1 fully saturated rings. The van der Waals surface area contributed by atoms with E-state index in [9.17, 15) is 18.7 Å². The second-order valence-electron chi connectivity index (χ2n) is 7.06. The van der Waals surface area contributed by atoms with Crippen molar-refractivity contribution >= 4 is 5.97 Å². The SMILES string of the molecule is CC(C)(C)C1CCC(C(=O)O)C(c2c(F)cccc2F)C1. The second kappa shape index (κ2) is 5.74. The molecule has 3 unspecified atom stereocenters. The lowest BCUT2D eigenvalue weighted by atomic mass is 9.64. The molecule has 0 amide bonds. The fourth-order valence-electron chi connectivity index (χ4n) is 3.44. The van der Waals surface area contributed by atoms with E-state index in [0.29, 0.717) is 12.8 Å². The van der Waals surface area contributed by atoms with Crippen LogP contribution in [-0.2, 0) is 4.79 Å². The van der Waals surface area contributed by atoms with Crippen LogP contribution < -0.4 is 0 Å². The van der Waals surface area contributed by atoms with Gasteiger partial charge >= 0.3 is 5.97 Å². The van der Waals surface area contributed by atoms with Gasteiger partial charge in [0.1, 0.15) is 11.6 Å². The van der Waals surface area contributed by atoms with Crippen molar-refractivity contribution in [1.29, 1.82) is 0 Å². The first kappa shape index (κ1) is 15.9. The Hall–Kier alpha value is -1.45. The van der Waals surface area contributed by atoms with Crippen LogP contribution in [0.5, 0.6) is 0 Å². The van der Waals surface area contributed by atoms with E-state index in [1.807, 2.05) is 0 Å². The third-order valence-electron chi connectivity index (χ3n) is 4.76. The molecule has 1 aromatic rings. The average Bonchev–Trinajstić information content (AvgIpc) is 2.37. The van der Waals surface area contributed by atoms with Crippen LogP contribution in [0.2, 0.25) is 0 Å². The Morgan fingerprint density at radius 2 is 1.76 bits per heavy atom. The van der Waals surface area contributed by atoms with Crippen molar-refractivity contribution in [2.45, 2.75) is 46.0 Å². The summed E-state index contributed by atoms with van der Waals surface area (Å²) in [6, 6.07) is 3.73. The minimum atomic E-state index is -0.963. The minimum absolute atomic E-state index is 0.00343. The molecule has 2 nitrogen and oxygen atoms in total. The Balaban J connectivity index is 2.41. The highest BCUT2D eigenvalue weighted by Crippen LogP contribution is 2.47. The number of benzene rings is 1. The molecule has 1 aromatic carbocycles. The zero-order valence-electron chi connectivity index (χ0n) is 12.7. The predicted octanol–water partition coefficient (Wildman–Crippen LogP) is 4.60. The van der Waals surface area contributed by atoms with Crippen molar-refractivity contribution < 1.29 is 18.7 Å². The van der Waals surface area contributed by atoms with Gasteiger partial charge in [-0.3, -0.25) is 4.79 Å². The third kappa shape index (κ3) is 3.25. The molecule has 0 heterocycles. The molecule has 0 saturated heterocycles.